The Kier molecular flexibility index (Phi) is 4.80. The summed E-state index contributed by atoms with van der Waals surface area (Å²) >= 11 is 0. The highest BCUT2D eigenvalue weighted by molar-refractivity contribution is 5.75. The van der Waals surface area contributed by atoms with E-state index in [1.54, 1.807) is 0 Å². The van der Waals surface area contributed by atoms with E-state index < -0.39 is 0 Å². The largest absolute Gasteiger partial charge is 0.425 e. The summed E-state index contributed by atoms with van der Waals surface area (Å²) in [6, 6.07) is 0.111. The highest BCUT2D eigenvalue weighted by Crippen LogP contribution is 2.49. The predicted molar refractivity (Wildman–Crippen MR) is 88.9 cm³/mol. The first-order chi connectivity index (χ1) is 11.4. The maximum Gasteiger partial charge on any atom is 0.317 e. The van der Waals surface area contributed by atoms with Gasteiger partial charge in [-0.05, 0) is 26.7 Å². The Morgan fingerprint density at radius 2 is 1.96 bits per heavy atom. The zero-order valence-electron chi connectivity index (χ0n) is 15.0. The molecule has 2 fully saturated rings. The second-order valence-corrected chi connectivity index (χ2v) is 7.65. The summed E-state index contributed by atoms with van der Waals surface area (Å²) in [5.74, 6) is 1.62. The topological polar surface area (TPSA) is 80.5 Å². The summed E-state index contributed by atoms with van der Waals surface area (Å²) < 4.78 is 11.5. The van der Waals surface area contributed by atoms with Crippen molar-refractivity contribution in [2.45, 2.75) is 58.4 Å². The molecular formula is C17H28N4O3. The van der Waals surface area contributed by atoms with Crippen LogP contribution in [-0.4, -0.2) is 53.5 Å². The monoisotopic (exact) mass is 336 g/mol. The van der Waals surface area contributed by atoms with Crippen LogP contribution in [0.5, 0.6) is 0 Å². The van der Waals surface area contributed by atoms with Crippen LogP contribution in [0.25, 0.3) is 0 Å². The number of amides is 2. The molecular weight excluding hydrogens is 308 g/mol. The molecule has 1 aromatic heterocycles. The maximum atomic E-state index is 12.5. The van der Waals surface area contributed by atoms with Crippen molar-refractivity contribution >= 4 is 6.03 Å². The molecule has 3 heterocycles. The number of ether oxygens (including phenoxy) is 1. The van der Waals surface area contributed by atoms with Crippen LogP contribution in [-0.2, 0) is 4.74 Å². The van der Waals surface area contributed by atoms with Gasteiger partial charge in [0.05, 0.1) is 5.92 Å². The highest BCUT2D eigenvalue weighted by atomic mass is 16.5. The van der Waals surface area contributed by atoms with Crippen molar-refractivity contribution in [3.05, 3.63) is 11.8 Å². The number of hydrogen-bond donors (Lipinski definition) is 1. The zero-order chi connectivity index (χ0) is 17.3. The molecule has 1 unspecified atom stereocenters. The van der Waals surface area contributed by atoms with Crippen molar-refractivity contribution in [1.29, 1.82) is 0 Å². The minimum absolute atomic E-state index is 0.0121. The first kappa shape index (κ1) is 17.2. The molecule has 24 heavy (non-hydrogen) atoms. The maximum absolute atomic E-state index is 12.5. The Labute approximate surface area is 143 Å². The molecule has 0 saturated carbocycles. The van der Waals surface area contributed by atoms with Crippen LogP contribution in [0.15, 0.2) is 4.42 Å². The van der Waals surface area contributed by atoms with Gasteiger partial charge in [-0.2, -0.15) is 0 Å². The van der Waals surface area contributed by atoms with Crippen molar-refractivity contribution in [3.8, 4) is 0 Å². The normalized spacial score (nSPS) is 23.4. The Morgan fingerprint density at radius 1 is 1.25 bits per heavy atom. The van der Waals surface area contributed by atoms with Gasteiger partial charge in [-0.15, -0.1) is 10.2 Å². The van der Waals surface area contributed by atoms with Crippen LogP contribution in [0.4, 0.5) is 4.79 Å². The molecule has 2 saturated heterocycles. The highest BCUT2D eigenvalue weighted by Gasteiger charge is 2.51. The van der Waals surface area contributed by atoms with Crippen LogP contribution < -0.4 is 5.32 Å². The second-order valence-electron chi connectivity index (χ2n) is 7.65. The van der Waals surface area contributed by atoms with Gasteiger partial charge in [0, 0.05) is 43.7 Å². The minimum atomic E-state index is -0.0205. The summed E-state index contributed by atoms with van der Waals surface area (Å²) in [6.07, 6.45) is 1.84. The lowest BCUT2D eigenvalue weighted by Gasteiger charge is -2.36. The van der Waals surface area contributed by atoms with Gasteiger partial charge < -0.3 is 19.4 Å². The molecule has 1 spiro atoms. The number of hydrogen-bond acceptors (Lipinski definition) is 5. The summed E-state index contributed by atoms with van der Waals surface area (Å²) in [4.78, 5) is 14.4. The molecule has 2 aliphatic heterocycles. The lowest BCUT2D eigenvalue weighted by molar-refractivity contribution is 0.00995. The molecule has 2 aliphatic rings. The molecule has 7 nitrogen and oxygen atoms in total. The molecule has 3 rings (SSSR count). The van der Waals surface area contributed by atoms with Gasteiger partial charge in [0.1, 0.15) is 0 Å². The van der Waals surface area contributed by atoms with Crippen molar-refractivity contribution < 1.29 is 13.9 Å². The van der Waals surface area contributed by atoms with E-state index in [0.29, 0.717) is 18.3 Å². The van der Waals surface area contributed by atoms with Crippen LogP contribution >= 0.6 is 0 Å². The SMILES string of the molecule is CC(C)NC(=O)N1CC(c2nnc(C(C)C)o2)C2(CCOCC2)C1. The van der Waals surface area contributed by atoms with Crippen LogP contribution in [0, 0.1) is 5.41 Å². The molecule has 134 valence electrons. The van der Waals surface area contributed by atoms with Gasteiger partial charge in [-0.25, -0.2) is 4.79 Å². The minimum Gasteiger partial charge on any atom is -0.425 e. The number of aromatic nitrogens is 2. The molecule has 0 bridgehead atoms. The van der Waals surface area contributed by atoms with Gasteiger partial charge in [-0.1, -0.05) is 13.8 Å². The van der Waals surface area contributed by atoms with Gasteiger partial charge >= 0.3 is 6.03 Å². The van der Waals surface area contributed by atoms with Crippen molar-refractivity contribution in [3.63, 3.8) is 0 Å². The third kappa shape index (κ3) is 3.27. The summed E-state index contributed by atoms with van der Waals surface area (Å²) in [5.41, 5.74) is -0.0205. The molecule has 0 aromatic carbocycles. The zero-order valence-corrected chi connectivity index (χ0v) is 15.0. The van der Waals surface area contributed by atoms with E-state index in [4.69, 9.17) is 9.15 Å². The summed E-state index contributed by atoms with van der Waals surface area (Å²) in [6.45, 7) is 10.8. The lowest BCUT2D eigenvalue weighted by atomic mass is 9.72. The quantitative estimate of drug-likeness (QED) is 0.917. The van der Waals surface area contributed by atoms with Gasteiger partial charge in [0.15, 0.2) is 0 Å². The van der Waals surface area contributed by atoms with Crippen LogP contribution in [0.1, 0.15) is 64.2 Å². The number of nitrogens with one attached hydrogen (secondary N) is 1. The lowest BCUT2D eigenvalue weighted by Crippen LogP contribution is -2.43. The Morgan fingerprint density at radius 3 is 2.54 bits per heavy atom. The van der Waals surface area contributed by atoms with Gasteiger partial charge in [0.2, 0.25) is 11.8 Å². The van der Waals surface area contributed by atoms with Gasteiger partial charge in [0.25, 0.3) is 0 Å². The third-order valence-electron chi connectivity index (χ3n) is 5.08. The van der Waals surface area contributed by atoms with E-state index in [1.165, 1.54) is 0 Å². The molecule has 1 N–H and O–H groups in total. The van der Waals surface area contributed by atoms with Gasteiger partial charge in [-0.3, -0.25) is 0 Å². The molecule has 7 heteroatoms. The van der Waals surface area contributed by atoms with Crippen LogP contribution in [0.2, 0.25) is 0 Å². The summed E-state index contributed by atoms with van der Waals surface area (Å²) in [7, 11) is 0. The second kappa shape index (κ2) is 6.70. The molecule has 0 aliphatic carbocycles. The number of likely N-dealkylation sites (tertiary alicyclic amines) is 1. The fourth-order valence-corrected chi connectivity index (χ4v) is 3.71. The Bertz CT molecular complexity index is 578. The summed E-state index contributed by atoms with van der Waals surface area (Å²) in [5, 5.41) is 11.5. The number of nitrogens with zero attached hydrogens (tertiary/aromatic N) is 3. The van der Waals surface area contributed by atoms with E-state index in [9.17, 15) is 4.79 Å². The average Bonchev–Trinajstić information content (AvgIpc) is 3.12. The first-order valence-electron chi connectivity index (χ1n) is 8.88. The number of rotatable bonds is 3. The number of carbonyl (C=O) groups excluding carboxylic acids is 1. The molecule has 2 amide bonds. The Balaban J connectivity index is 1.84. The third-order valence-corrected chi connectivity index (χ3v) is 5.08. The van der Waals surface area contributed by atoms with E-state index in [0.717, 1.165) is 32.6 Å². The number of carbonyl (C=O) groups is 1. The van der Waals surface area contributed by atoms with E-state index in [2.05, 4.69) is 15.5 Å². The van der Waals surface area contributed by atoms with E-state index in [1.807, 2.05) is 32.6 Å². The van der Waals surface area contributed by atoms with Crippen LogP contribution in [0.3, 0.4) is 0 Å². The van der Waals surface area contributed by atoms with Crippen molar-refractivity contribution in [1.82, 2.24) is 20.4 Å². The standard InChI is InChI=1S/C17H28N4O3/c1-11(2)14-19-20-15(24-14)13-9-21(16(22)18-12(3)4)10-17(13)5-7-23-8-6-17/h11-13H,5-10H2,1-4H3,(H,18,22). The van der Waals surface area contributed by atoms with E-state index >= 15 is 0 Å². The van der Waals surface area contributed by atoms with Crippen molar-refractivity contribution in [2.75, 3.05) is 26.3 Å². The average molecular weight is 336 g/mol. The fraction of sp³-hybridized carbons (Fsp3) is 0.824. The molecule has 1 aromatic rings. The predicted octanol–water partition coefficient (Wildman–Crippen LogP) is 2.51. The van der Waals surface area contributed by atoms with E-state index in [-0.39, 0.29) is 29.3 Å². The fourth-order valence-electron chi connectivity index (χ4n) is 3.71. The smallest absolute Gasteiger partial charge is 0.317 e. The first-order valence-corrected chi connectivity index (χ1v) is 8.88. The Hall–Kier alpha value is -1.63. The molecule has 1 atom stereocenters. The molecule has 0 radical (unpaired) electrons. The number of urea groups is 1. The van der Waals surface area contributed by atoms with Crippen molar-refractivity contribution in [2.24, 2.45) is 5.41 Å².